The van der Waals surface area contributed by atoms with Gasteiger partial charge in [0.1, 0.15) is 0 Å². The zero-order valence-electron chi connectivity index (χ0n) is 13.5. The summed E-state index contributed by atoms with van der Waals surface area (Å²) in [5, 5.41) is 0. The molecule has 3 heterocycles. The summed E-state index contributed by atoms with van der Waals surface area (Å²) >= 11 is 0. The number of fused-ring (bicyclic) bond motifs is 1. The van der Waals surface area contributed by atoms with Crippen LogP contribution < -0.4 is 5.56 Å². The molecule has 1 N–H and O–H groups in total. The number of hydrogen-bond donors (Lipinski definition) is 1. The second-order valence-corrected chi connectivity index (χ2v) is 8.01. The van der Waals surface area contributed by atoms with Gasteiger partial charge in [-0.25, -0.2) is 13.4 Å². The Morgan fingerprint density at radius 1 is 1.16 bits per heavy atom. The monoisotopic (exact) mass is 358 g/mol. The van der Waals surface area contributed by atoms with Crippen LogP contribution in [0.4, 0.5) is 0 Å². The first-order chi connectivity index (χ1) is 12.1. The molecule has 0 amide bonds. The number of nitrogens with zero attached hydrogens (tertiary/aromatic N) is 3. The van der Waals surface area contributed by atoms with Crippen molar-refractivity contribution in [3.8, 4) is 0 Å². The van der Waals surface area contributed by atoms with Crippen LogP contribution in [-0.2, 0) is 10.0 Å². The lowest BCUT2D eigenvalue weighted by atomic mass is 10.0. The first-order valence-electron chi connectivity index (χ1n) is 8.20. The van der Waals surface area contributed by atoms with Crippen molar-refractivity contribution in [1.29, 1.82) is 0 Å². The van der Waals surface area contributed by atoms with Gasteiger partial charge in [0, 0.05) is 30.7 Å². The Hall–Kier alpha value is -2.45. The molecule has 7 nitrogen and oxygen atoms in total. The van der Waals surface area contributed by atoms with Crippen molar-refractivity contribution in [2.45, 2.75) is 30.2 Å². The molecule has 1 aliphatic rings. The molecular weight excluding hydrogens is 340 g/mol. The van der Waals surface area contributed by atoms with Gasteiger partial charge in [-0.2, -0.15) is 4.31 Å². The maximum Gasteiger partial charge on any atom is 0.259 e. The number of benzene rings is 1. The molecule has 1 atom stereocenters. The highest BCUT2D eigenvalue weighted by Crippen LogP contribution is 2.34. The number of sulfonamides is 1. The molecule has 1 aliphatic heterocycles. The van der Waals surface area contributed by atoms with Crippen LogP contribution in [0.15, 0.2) is 58.5 Å². The summed E-state index contributed by atoms with van der Waals surface area (Å²) in [6.45, 7) is 0.434. The van der Waals surface area contributed by atoms with Crippen LogP contribution in [-0.4, -0.2) is 33.6 Å². The topological polar surface area (TPSA) is 87.5 Å². The minimum atomic E-state index is -3.63. The van der Waals surface area contributed by atoms with Crippen LogP contribution in [0.2, 0.25) is 0 Å². The van der Waals surface area contributed by atoms with Crippen molar-refractivity contribution in [2.75, 3.05) is 6.54 Å². The van der Waals surface area contributed by atoms with Crippen molar-refractivity contribution in [3.05, 3.63) is 64.8 Å². The zero-order valence-corrected chi connectivity index (χ0v) is 14.3. The largest absolute Gasteiger partial charge is 0.327 e. The summed E-state index contributed by atoms with van der Waals surface area (Å²) in [5.41, 5.74) is 0.367. The van der Waals surface area contributed by atoms with Crippen molar-refractivity contribution >= 4 is 15.8 Å². The highest BCUT2D eigenvalue weighted by molar-refractivity contribution is 7.89. The fourth-order valence-corrected chi connectivity index (χ4v) is 5.05. The quantitative estimate of drug-likeness (QED) is 0.775. The van der Waals surface area contributed by atoms with Gasteiger partial charge >= 0.3 is 0 Å². The fourth-order valence-electron chi connectivity index (χ4n) is 3.35. The number of nitrogens with one attached hydrogen (secondary N) is 1. The van der Waals surface area contributed by atoms with E-state index in [2.05, 4.69) is 9.97 Å². The minimum Gasteiger partial charge on any atom is -0.327 e. The van der Waals surface area contributed by atoms with Gasteiger partial charge in [0.2, 0.25) is 15.8 Å². The maximum atomic E-state index is 13.1. The molecule has 3 aromatic rings. The van der Waals surface area contributed by atoms with Crippen molar-refractivity contribution in [1.82, 2.24) is 18.7 Å². The van der Waals surface area contributed by atoms with Crippen LogP contribution >= 0.6 is 0 Å². The number of aromatic amines is 1. The maximum absolute atomic E-state index is 13.1. The minimum absolute atomic E-state index is 0.219. The van der Waals surface area contributed by atoms with Gasteiger partial charge in [0.25, 0.3) is 5.56 Å². The van der Waals surface area contributed by atoms with Crippen LogP contribution in [0, 0.1) is 0 Å². The molecule has 1 fully saturated rings. The van der Waals surface area contributed by atoms with Gasteiger partial charge in [-0.3, -0.25) is 9.20 Å². The van der Waals surface area contributed by atoms with E-state index >= 15 is 0 Å². The molecular formula is C17H18N4O3S. The van der Waals surface area contributed by atoms with Crippen LogP contribution in [0.5, 0.6) is 0 Å². The molecule has 0 spiro atoms. The number of H-pyrrole nitrogens is 1. The summed E-state index contributed by atoms with van der Waals surface area (Å²) in [4.78, 5) is 19.8. The zero-order chi connectivity index (χ0) is 17.4. The van der Waals surface area contributed by atoms with E-state index in [4.69, 9.17) is 0 Å². The fraction of sp³-hybridized carbons (Fsp3) is 0.294. The summed E-state index contributed by atoms with van der Waals surface area (Å²) in [6.07, 6.45) is 5.50. The van der Waals surface area contributed by atoms with Crippen molar-refractivity contribution in [2.24, 2.45) is 0 Å². The molecule has 0 unspecified atom stereocenters. The van der Waals surface area contributed by atoms with E-state index in [0.29, 0.717) is 24.4 Å². The molecule has 4 rings (SSSR count). The molecule has 25 heavy (non-hydrogen) atoms. The standard InChI is InChI=1S/C17H18N4O3S/c22-16-12-14(19-17-18-9-11-20(16)17)15-8-4-5-10-21(15)25(23,24)13-6-2-1-3-7-13/h1-3,6-7,9,11-12,15H,4-5,8,10H2,(H,18,19)/t15-/m1/s1. The Morgan fingerprint density at radius 3 is 2.76 bits per heavy atom. The number of imidazole rings is 1. The summed E-state index contributed by atoms with van der Waals surface area (Å²) < 4.78 is 29.1. The van der Waals surface area contributed by atoms with Gasteiger partial charge in [0.15, 0.2) is 0 Å². The predicted octanol–water partition coefficient (Wildman–Crippen LogP) is 1.94. The molecule has 8 heteroatoms. The van der Waals surface area contributed by atoms with E-state index in [1.165, 1.54) is 21.0 Å². The van der Waals surface area contributed by atoms with Crippen LogP contribution in [0.25, 0.3) is 5.78 Å². The molecule has 1 aromatic carbocycles. The number of hydrogen-bond acceptors (Lipinski definition) is 4. The SMILES string of the molecule is O=c1cc([C@H]2CCCCN2S(=O)(=O)c2ccccc2)[nH]c2nccn12. The Morgan fingerprint density at radius 2 is 1.96 bits per heavy atom. The Bertz CT molecular complexity index is 1060. The Balaban J connectivity index is 1.80. The highest BCUT2D eigenvalue weighted by Gasteiger charge is 2.35. The van der Waals surface area contributed by atoms with Gasteiger partial charge in [0.05, 0.1) is 10.9 Å². The highest BCUT2D eigenvalue weighted by atomic mass is 32.2. The molecule has 0 bridgehead atoms. The van der Waals surface area contributed by atoms with Crippen molar-refractivity contribution in [3.63, 3.8) is 0 Å². The molecule has 1 saturated heterocycles. The molecule has 0 radical (unpaired) electrons. The Kier molecular flexibility index (Phi) is 3.93. The van der Waals surface area contributed by atoms with E-state index < -0.39 is 16.1 Å². The second kappa shape index (κ2) is 6.12. The van der Waals surface area contributed by atoms with Gasteiger partial charge in [-0.05, 0) is 25.0 Å². The lowest BCUT2D eigenvalue weighted by Gasteiger charge is -2.34. The molecule has 130 valence electrons. The van der Waals surface area contributed by atoms with Gasteiger partial charge in [-0.1, -0.05) is 24.6 Å². The number of aromatic nitrogens is 3. The van der Waals surface area contributed by atoms with Crippen LogP contribution in [0.3, 0.4) is 0 Å². The lowest BCUT2D eigenvalue weighted by Crippen LogP contribution is -2.39. The van der Waals surface area contributed by atoms with E-state index in [0.717, 1.165) is 12.8 Å². The second-order valence-electron chi connectivity index (χ2n) is 6.12. The van der Waals surface area contributed by atoms with E-state index in [-0.39, 0.29) is 10.5 Å². The smallest absolute Gasteiger partial charge is 0.259 e. The third kappa shape index (κ3) is 2.77. The Labute approximate surface area is 145 Å². The van der Waals surface area contributed by atoms with E-state index in [1.807, 2.05) is 0 Å². The summed E-state index contributed by atoms with van der Waals surface area (Å²) in [7, 11) is -3.63. The third-order valence-corrected chi connectivity index (χ3v) is 6.50. The van der Waals surface area contributed by atoms with E-state index in [9.17, 15) is 13.2 Å². The van der Waals surface area contributed by atoms with Gasteiger partial charge < -0.3 is 4.98 Å². The van der Waals surface area contributed by atoms with Gasteiger partial charge in [-0.15, -0.1) is 0 Å². The average molecular weight is 358 g/mol. The normalized spacial score (nSPS) is 19.3. The average Bonchev–Trinajstić information content (AvgIpc) is 3.12. The third-order valence-electron chi connectivity index (χ3n) is 4.58. The van der Waals surface area contributed by atoms with Crippen molar-refractivity contribution < 1.29 is 8.42 Å². The first-order valence-corrected chi connectivity index (χ1v) is 9.64. The number of piperidine rings is 1. The summed E-state index contributed by atoms with van der Waals surface area (Å²) in [5.74, 6) is 0.421. The van der Waals surface area contributed by atoms with Crippen LogP contribution in [0.1, 0.15) is 31.0 Å². The molecule has 0 saturated carbocycles. The first kappa shape index (κ1) is 16.0. The lowest BCUT2D eigenvalue weighted by molar-refractivity contribution is 0.251. The summed E-state index contributed by atoms with van der Waals surface area (Å²) in [6, 6.07) is 9.49. The molecule has 0 aliphatic carbocycles. The predicted molar refractivity (Wildman–Crippen MR) is 92.7 cm³/mol. The van der Waals surface area contributed by atoms with E-state index in [1.54, 1.807) is 36.5 Å². The number of rotatable bonds is 3. The molecule has 2 aromatic heterocycles.